The number of rotatable bonds is 4. The number of amides is 1. The molecule has 132 valence electrons. The normalized spacial score (nSPS) is 25.5. The summed E-state index contributed by atoms with van der Waals surface area (Å²) in [5.74, 6) is 0.713. The Morgan fingerprint density at radius 2 is 1.88 bits per heavy atom. The van der Waals surface area contributed by atoms with Crippen molar-refractivity contribution in [3.8, 4) is 5.75 Å². The third-order valence-corrected chi connectivity index (χ3v) is 4.89. The molecule has 2 atom stereocenters. The molecular formula is C17H21F3N2O2. The van der Waals surface area contributed by atoms with Gasteiger partial charge in [0.2, 0.25) is 5.91 Å². The van der Waals surface area contributed by atoms with E-state index in [4.69, 9.17) is 4.74 Å². The fourth-order valence-corrected chi connectivity index (χ4v) is 3.65. The van der Waals surface area contributed by atoms with Crippen molar-refractivity contribution in [3.63, 3.8) is 0 Å². The maximum atomic E-state index is 12.5. The Hall–Kier alpha value is -1.76. The van der Waals surface area contributed by atoms with Crippen molar-refractivity contribution in [1.29, 1.82) is 0 Å². The second kappa shape index (κ2) is 6.63. The first kappa shape index (κ1) is 17.1. The number of carbonyl (C=O) groups excluding carboxylic acids is 1. The molecule has 2 aliphatic heterocycles. The first-order valence-corrected chi connectivity index (χ1v) is 8.11. The molecule has 2 heterocycles. The molecule has 2 fully saturated rings. The van der Waals surface area contributed by atoms with E-state index in [-0.39, 0.29) is 12.5 Å². The zero-order valence-electron chi connectivity index (χ0n) is 13.6. The molecule has 2 saturated heterocycles. The van der Waals surface area contributed by atoms with E-state index in [1.807, 2.05) is 29.2 Å². The highest BCUT2D eigenvalue weighted by Crippen LogP contribution is 2.32. The molecule has 2 aliphatic rings. The number of benzene rings is 1. The molecule has 0 unspecified atom stereocenters. The van der Waals surface area contributed by atoms with Gasteiger partial charge >= 0.3 is 6.18 Å². The summed E-state index contributed by atoms with van der Waals surface area (Å²) in [6.45, 7) is 0.500. The second-order valence-electron chi connectivity index (χ2n) is 6.43. The topological polar surface area (TPSA) is 32.8 Å². The van der Waals surface area contributed by atoms with E-state index in [9.17, 15) is 18.0 Å². The summed E-state index contributed by atoms with van der Waals surface area (Å²) in [7, 11) is 1.62. The molecule has 1 amide bonds. The highest BCUT2D eigenvalue weighted by atomic mass is 19.4. The lowest BCUT2D eigenvalue weighted by atomic mass is 9.98. The average molecular weight is 342 g/mol. The number of hydrogen-bond donors (Lipinski definition) is 0. The van der Waals surface area contributed by atoms with Gasteiger partial charge in [0.25, 0.3) is 0 Å². The molecule has 0 aromatic heterocycles. The van der Waals surface area contributed by atoms with Gasteiger partial charge in [0.05, 0.1) is 13.2 Å². The summed E-state index contributed by atoms with van der Waals surface area (Å²) in [6.07, 6.45) is -2.94. The SMILES string of the molecule is COc1ccc([C@H]2CCN([C@@H]3CCN(CC(F)(F)F)C3=O)C2)cc1. The number of nitrogens with zero attached hydrogens (tertiary/aromatic N) is 2. The summed E-state index contributed by atoms with van der Waals surface area (Å²) in [5, 5.41) is 0. The number of halogens is 3. The first-order chi connectivity index (χ1) is 11.4. The lowest BCUT2D eigenvalue weighted by molar-refractivity contribution is -0.159. The Bertz CT molecular complexity index is 588. The monoisotopic (exact) mass is 342 g/mol. The minimum atomic E-state index is -4.33. The summed E-state index contributed by atoms with van der Waals surface area (Å²) in [6, 6.07) is 7.43. The van der Waals surface area contributed by atoms with Crippen molar-refractivity contribution < 1.29 is 22.7 Å². The van der Waals surface area contributed by atoms with Crippen molar-refractivity contribution >= 4 is 5.91 Å². The van der Waals surface area contributed by atoms with E-state index < -0.39 is 18.8 Å². The van der Waals surface area contributed by atoms with E-state index >= 15 is 0 Å². The van der Waals surface area contributed by atoms with Gasteiger partial charge in [-0.15, -0.1) is 0 Å². The summed E-state index contributed by atoms with van der Waals surface area (Å²) >= 11 is 0. The molecular weight excluding hydrogens is 321 g/mol. The van der Waals surface area contributed by atoms with Crippen LogP contribution in [0.3, 0.4) is 0 Å². The average Bonchev–Trinajstić information content (AvgIpc) is 3.14. The highest BCUT2D eigenvalue weighted by molar-refractivity contribution is 5.84. The number of likely N-dealkylation sites (tertiary alicyclic amines) is 2. The van der Waals surface area contributed by atoms with Crippen LogP contribution in [0.25, 0.3) is 0 Å². The zero-order chi connectivity index (χ0) is 17.3. The van der Waals surface area contributed by atoms with E-state index in [1.54, 1.807) is 7.11 Å². The number of ether oxygens (including phenoxy) is 1. The summed E-state index contributed by atoms with van der Waals surface area (Å²) in [4.78, 5) is 15.2. The molecule has 0 radical (unpaired) electrons. The van der Waals surface area contributed by atoms with Crippen molar-refractivity contribution in [2.24, 2.45) is 0 Å². The van der Waals surface area contributed by atoms with Gasteiger partial charge in [0, 0.05) is 13.1 Å². The standard InChI is InChI=1S/C17H21F3N2O2/c1-24-14-4-2-12(3-5-14)13-6-8-21(10-13)15-7-9-22(16(15)23)11-17(18,19)20/h2-5,13,15H,6-11H2,1H3/t13-,15+/m0/s1. The van der Waals surface area contributed by atoms with Gasteiger partial charge in [-0.05, 0) is 43.0 Å². The van der Waals surface area contributed by atoms with Crippen LogP contribution in [-0.4, -0.2) is 61.2 Å². The van der Waals surface area contributed by atoms with Crippen LogP contribution in [0, 0.1) is 0 Å². The summed E-state index contributed by atoms with van der Waals surface area (Å²) < 4.78 is 42.7. The predicted molar refractivity (Wildman–Crippen MR) is 83.0 cm³/mol. The highest BCUT2D eigenvalue weighted by Gasteiger charge is 2.43. The molecule has 24 heavy (non-hydrogen) atoms. The van der Waals surface area contributed by atoms with E-state index in [0.29, 0.717) is 18.9 Å². The van der Waals surface area contributed by atoms with Gasteiger partial charge in [-0.1, -0.05) is 12.1 Å². The molecule has 7 heteroatoms. The van der Waals surface area contributed by atoms with Crippen molar-refractivity contribution in [2.75, 3.05) is 33.3 Å². The van der Waals surface area contributed by atoms with E-state index in [0.717, 1.165) is 23.6 Å². The minimum absolute atomic E-state index is 0.187. The zero-order valence-corrected chi connectivity index (χ0v) is 13.6. The molecule has 0 spiro atoms. The first-order valence-electron chi connectivity index (χ1n) is 8.11. The fourth-order valence-electron chi connectivity index (χ4n) is 3.65. The third-order valence-electron chi connectivity index (χ3n) is 4.89. The lowest BCUT2D eigenvalue weighted by Crippen LogP contribution is -2.43. The largest absolute Gasteiger partial charge is 0.497 e. The molecule has 0 bridgehead atoms. The Balaban J connectivity index is 1.60. The van der Waals surface area contributed by atoms with Crippen molar-refractivity contribution in [1.82, 2.24) is 9.80 Å². The van der Waals surface area contributed by atoms with E-state index in [2.05, 4.69) is 0 Å². The van der Waals surface area contributed by atoms with Crippen LogP contribution in [-0.2, 0) is 4.79 Å². The quantitative estimate of drug-likeness (QED) is 0.843. The molecule has 3 rings (SSSR count). The molecule has 0 aliphatic carbocycles. The molecule has 4 nitrogen and oxygen atoms in total. The maximum absolute atomic E-state index is 12.5. The van der Waals surface area contributed by atoms with Crippen molar-refractivity contribution in [3.05, 3.63) is 29.8 Å². The molecule has 1 aromatic rings. The maximum Gasteiger partial charge on any atom is 0.406 e. The summed E-state index contributed by atoms with van der Waals surface area (Å²) in [5.41, 5.74) is 1.18. The second-order valence-corrected chi connectivity index (χ2v) is 6.43. The Morgan fingerprint density at radius 3 is 2.50 bits per heavy atom. The minimum Gasteiger partial charge on any atom is -0.497 e. The molecule has 0 saturated carbocycles. The Morgan fingerprint density at radius 1 is 1.17 bits per heavy atom. The van der Waals surface area contributed by atoms with Crippen molar-refractivity contribution in [2.45, 2.75) is 31.0 Å². The van der Waals surface area contributed by atoms with Gasteiger partial charge < -0.3 is 9.64 Å². The number of alkyl halides is 3. The lowest BCUT2D eigenvalue weighted by Gasteiger charge is -2.24. The van der Waals surface area contributed by atoms with Crippen LogP contribution < -0.4 is 4.74 Å². The van der Waals surface area contributed by atoms with Crippen LogP contribution >= 0.6 is 0 Å². The predicted octanol–water partition coefficient (Wildman–Crippen LogP) is 2.65. The van der Waals surface area contributed by atoms with Gasteiger partial charge in [0.1, 0.15) is 12.3 Å². The number of carbonyl (C=O) groups is 1. The Kier molecular flexibility index (Phi) is 4.71. The van der Waals surface area contributed by atoms with Gasteiger partial charge in [-0.2, -0.15) is 13.2 Å². The van der Waals surface area contributed by atoms with Gasteiger partial charge in [-0.3, -0.25) is 9.69 Å². The fraction of sp³-hybridized carbons (Fsp3) is 0.588. The number of hydrogen-bond acceptors (Lipinski definition) is 3. The van der Waals surface area contributed by atoms with E-state index in [1.165, 1.54) is 5.56 Å². The third kappa shape index (κ3) is 3.66. The van der Waals surface area contributed by atoms with Crippen LogP contribution in [0.5, 0.6) is 5.75 Å². The van der Waals surface area contributed by atoms with Gasteiger partial charge in [0.15, 0.2) is 0 Å². The Labute approximate surface area is 139 Å². The molecule has 0 N–H and O–H groups in total. The molecule has 1 aromatic carbocycles. The van der Waals surface area contributed by atoms with Crippen LogP contribution in [0.1, 0.15) is 24.3 Å². The van der Waals surface area contributed by atoms with Crippen LogP contribution in [0.15, 0.2) is 24.3 Å². The number of methoxy groups -OCH3 is 1. The smallest absolute Gasteiger partial charge is 0.406 e. The van der Waals surface area contributed by atoms with Gasteiger partial charge in [-0.25, -0.2) is 0 Å². The van der Waals surface area contributed by atoms with Crippen LogP contribution in [0.2, 0.25) is 0 Å². The van der Waals surface area contributed by atoms with Crippen LogP contribution in [0.4, 0.5) is 13.2 Å².